The van der Waals surface area contributed by atoms with E-state index in [2.05, 4.69) is 31.4 Å². The Morgan fingerprint density at radius 2 is 1.96 bits per heavy atom. The van der Waals surface area contributed by atoms with Crippen LogP contribution in [-0.2, 0) is 19.1 Å². The first-order valence-corrected chi connectivity index (χ1v) is 7.98. The number of ether oxygens (including phenoxy) is 1. The van der Waals surface area contributed by atoms with Crippen molar-refractivity contribution in [3.63, 3.8) is 0 Å². The van der Waals surface area contributed by atoms with Crippen LogP contribution in [0.15, 0.2) is 40.3 Å². The minimum Gasteiger partial charge on any atom is -0.425 e. The van der Waals surface area contributed by atoms with Gasteiger partial charge in [-0.25, -0.2) is 0 Å². The number of halogens is 1. The zero-order valence-corrected chi connectivity index (χ0v) is 13.8. The fourth-order valence-electron chi connectivity index (χ4n) is 1.94. The van der Waals surface area contributed by atoms with Crippen molar-refractivity contribution in [3.05, 3.63) is 45.9 Å². The van der Waals surface area contributed by atoms with Crippen molar-refractivity contribution in [2.75, 3.05) is 5.32 Å². The summed E-state index contributed by atoms with van der Waals surface area (Å²) in [5, 5.41) is 9.89. The molecular weight excluding hydrogens is 386 g/mol. The number of anilines is 1. The minimum absolute atomic E-state index is 0.128. The van der Waals surface area contributed by atoms with Gasteiger partial charge in [0, 0.05) is 11.6 Å². The fourth-order valence-corrected chi connectivity index (χ4v) is 2.95. The van der Waals surface area contributed by atoms with E-state index in [-0.39, 0.29) is 10.9 Å². The highest BCUT2D eigenvalue weighted by Gasteiger charge is 2.39. The Balaban J connectivity index is 1.80. The highest BCUT2D eigenvalue weighted by atomic mass is 79.9. The van der Waals surface area contributed by atoms with Crippen LogP contribution in [0.1, 0.15) is 5.56 Å². The van der Waals surface area contributed by atoms with Crippen LogP contribution in [0.3, 0.4) is 0 Å². The molecule has 0 radical (unpaired) electrons. The Labute approximate surface area is 142 Å². The molecule has 1 unspecified atom stereocenters. The maximum Gasteiger partial charge on any atom is 0.331 e. The minimum atomic E-state index is -1.55. The van der Waals surface area contributed by atoms with E-state index < -0.39 is 23.6 Å². The monoisotopic (exact) mass is 393 g/mol. The van der Waals surface area contributed by atoms with Gasteiger partial charge >= 0.3 is 5.97 Å². The fraction of sp³-hybridized carbons (Fsp3) is 0.0714. The van der Waals surface area contributed by atoms with Crippen LogP contribution in [0.5, 0.6) is 0 Å². The van der Waals surface area contributed by atoms with E-state index >= 15 is 0 Å². The summed E-state index contributed by atoms with van der Waals surface area (Å²) in [6.45, 7) is 0. The third-order valence-electron chi connectivity index (χ3n) is 2.96. The molecule has 3 rings (SSSR count). The standard InChI is InChI=1S/C14H8BrN3O4S/c15-13-17-18-14(23-13)16-11(20)10-8(19)6-9(22-12(10)21)7-4-2-1-3-5-7/h1-6,10H,(H,16,18,20). The molecule has 7 nitrogen and oxygen atoms in total. The van der Waals surface area contributed by atoms with Gasteiger partial charge in [0.05, 0.1) is 0 Å². The zero-order chi connectivity index (χ0) is 16.4. The molecule has 2 heterocycles. The summed E-state index contributed by atoms with van der Waals surface area (Å²) in [5.74, 6) is -3.78. The molecule has 116 valence electrons. The zero-order valence-electron chi connectivity index (χ0n) is 11.4. The predicted molar refractivity (Wildman–Crippen MR) is 85.2 cm³/mol. The molecule has 1 aliphatic heterocycles. The predicted octanol–water partition coefficient (Wildman–Crippen LogP) is 2.02. The first-order chi connectivity index (χ1) is 11.0. The molecule has 0 bridgehead atoms. The van der Waals surface area contributed by atoms with Gasteiger partial charge in [0.25, 0.3) is 0 Å². The van der Waals surface area contributed by atoms with Crippen molar-refractivity contribution >= 4 is 55.8 Å². The number of aromatic nitrogens is 2. The second-order valence-corrected chi connectivity index (χ2v) is 6.73. The SMILES string of the molecule is O=C1C=C(c2ccccc2)OC(=O)C1C(=O)Nc1nnc(Br)s1. The summed E-state index contributed by atoms with van der Waals surface area (Å²) in [7, 11) is 0. The molecule has 23 heavy (non-hydrogen) atoms. The van der Waals surface area contributed by atoms with Gasteiger partial charge in [-0.2, -0.15) is 0 Å². The number of hydrogen-bond donors (Lipinski definition) is 1. The number of rotatable bonds is 3. The van der Waals surface area contributed by atoms with Crippen LogP contribution < -0.4 is 5.32 Å². The van der Waals surface area contributed by atoms with Gasteiger partial charge in [-0.3, -0.25) is 19.7 Å². The maximum atomic E-state index is 12.1. The number of cyclic esters (lactones) is 1. The van der Waals surface area contributed by atoms with Gasteiger partial charge in [-0.05, 0) is 15.9 Å². The number of allylic oxidation sites excluding steroid dienone is 1. The number of nitrogens with zero attached hydrogens (tertiary/aromatic N) is 2. The molecule has 0 spiro atoms. The number of carbonyl (C=O) groups excluding carboxylic acids is 3. The van der Waals surface area contributed by atoms with Crippen LogP contribution >= 0.6 is 27.3 Å². The van der Waals surface area contributed by atoms with Crippen molar-refractivity contribution in [1.82, 2.24) is 10.2 Å². The van der Waals surface area contributed by atoms with Crippen molar-refractivity contribution in [3.8, 4) is 0 Å². The molecule has 1 amide bonds. The van der Waals surface area contributed by atoms with E-state index in [0.717, 1.165) is 17.4 Å². The number of esters is 1. The molecule has 9 heteroatoms. The van der Waals surface area contributed by atoms with Crippen LogP contribution in [0.25, 0.3) is 5.76 Å². The second-order valence-electron chi connectivity index (χ2n) is 4.48. The number of carbonyl (C=O) groups is 3. The summed E-state index contributed by atoms with van der Waals surface area (Å²) in [6.07, 6.45) is 1.15. The second kappa shape index (κ2) is 6.39. The summed E-state index contributed by atoms with van der Waals surface area (Å²) in [6, 6.07) is 8.70. The van der Waals surface area contributed by atoms with E-state index in [1.807, 2.05) is 0 Å². The number of benzene rings is 1. The molecule has 1 aliphatic rings. The summed E-state index contributed by atoms with van der Waals surface area (Å²) in [4.78, 5) is 36.3. The first kappa shape index (κ1) is 15.5. The van der Waals surface area contributed by atoms with E-state index in [1.54, 1.807) is 30.3 Å². The molecule has 1 aromatic carbocycles. The molecule has 0 saturated carbocycles. The Hall–Kier alpha value is -2.39. The smallest absolute Gasteiger partial charge is 0.331 e. The van der Waals surface area contributed by atoms with Gasteiger partial charge in [-0.15, -0.1) is 10.2 Å². The van der Waals surface area contributed by atoms with Gasteiger partial charge in [0.15, 0.2) is 15.6 Å². The first-order valence-electron chi connectivity index (χ1n) is 6.37. The van der Waals surface area contributed by atoms with E-state index in [9.17, 15) is 14.4 Å². The average Bonchev–Trinajstić information content (AvgIpc) is 2.92. The lowest BCUT2D eigenvalue weighted by Gasteiger charge is -2.19. The van der Waals surface area contributed by atoms with Gasteiger partial charge in [0.2, 0.25) is 11.0 Å². The lowest BCUT2D eigenvalue weighted by atomic mass is 9.99. The molecule has 2 aromatic rings. The van der Waals surface area contributed by atoms with E-state index in [4.69, 9.17) is 4.74 Å². The Kier molecular flexibility index (Phi) is 4.30. The van der Waals surface area contributed by atoms with Crippen LogP contribution in [-0.4, -0.2) is 27.9 Å². The normalized spacial score (nSPS) is 17.4. The number of amides is 1. The quantitative estimate of drug-likeness (QED) is 0.632. The van der Waals surface area contributed by atoms with Crippen molar-refractivity contribution in [2.24, 2.45) is 5.92 Å². The van der Waals surface area contributed by atoms with Crippen LogP contribution in [0.4, 0.5) is 5.13 Å². The Morgan fingerprint density at radius 3 is 2.57 bits per heavy atom. The largest absolute Gasteiger partial charge is 0.425 e. The molecule has 1 aromatic heterocycles. The van der Waals surface area contributed by atoms with Gasteiger partial charge in [0.1, 0.15) is 5.76 Å². The molecular formula is C14H8BrN3O4S. The molecule has 0 saturated heterocycles. The summed E-state index contributed by atoms with van der Waals surface area (Å²) >= 11 is 4.16. The highest BCUT2D eigenvalue weighted by molar-refractivity contribution is 9.11. The Bertz CT molecular complexity index is 818. The maximum absolute atomic E-state index is 12.1. The average molecular weight is 394 g/mol. The molecule has 0 aliphatic carbocycles. The summed E-state index contributed by atoms with van der Waals surface area (Å²) in [5.41, 5.74) is 0.584. The van der Waals surface area contributed by atoms with E-state index in [0.29, 0.717) is 9.48 Å². The lowest BCUT2D eigenvalue weighted by molar-refractivity contribution is -0.149. The van der Waals surface area contributed by atoms with Crippen molar-refractivity contribution < 1.29 is 19.1 Å². The van der Waals surface area contributed by atoms with Gasteiger partial charge < -0.3 is 4.74 Å². The van der Waals surface area contributed by atoms with Crippen LogP contribution in [0, 0.1) is 5.92 Å². The Morgan fingerprint density at radius 1 is 1.22 bits per heavy atom. The van der Waals surface area contributed by atoms with Crippen molar-refractivity contribution in [1.29, 1.82) is 0 Å². The van der Waals surface area contributed by atoms with Crippen LogP contribution in [0.2, 0.25) is 0 Å². The topological polar surface area (TPSA) is 98.2 Å². The summed E-state index contributed by atoms with van der Waals surface area (Å²) < 4.78 is 5.59. The lowest BCUT2D eigenvalue weighted by Crippen LogP contribution is -2.38. The molecule has 1 N–H and O–H groups in total. The number of hydrogen-bond acceptors (Lipinski definition) is 7. The highest BCUT2D eigenvalue weighted by Crippen LogP contribution is 2.25. The molecule has 1 atom stereocenters. The third kappa shape index (κ3) is 3.35. The number of ketones is 1. The van der Waals surface area contributed by atoms with Crippen molar-refractivity contribution in [2.45, 2.75) is 0 Å². The van der Waals surface area contributed by atoms with Gasteiger partial charge in [-0.1, -0.05) is 41.7 Å². The third-order valence-corrected chi connectivity index (χ3v) is 4.23. The van der Waals surface area contributed by atoms with E-state index in [1.165, 1.54) is 0 Å². The molecule has 0 fully saturated rings. The number of nitrogens with one attached hydrogen (secondary N) is 1.